The predicted octanol–water partition coefficient (Wildman–Crippen LogP) is 5.86. The van der Waals surface area contributed by atoms with E-state index < -0.39 is 5.82 Å². The number of carbonyl (C=O) groups excluding carboxylic acids is 1. The van der Waals surface area contributed by atoms with Gasteiger partial charge < -0.3 is 10.1 Å². The monoisotopic (exact) mass is 482 g/mol. The second-order valence-corrected chi connectivity index (χ2v) is 8.30. The number of anilines is 1. The molecule has 1 heterocycles. The summed E-state index contributed by atoms with van der Waals surface area (Å²) in [7, 11) is 0. The van der Waals surface area contributed by atoms with Crippen LogP contribution in [0.4, 0.5) is 10.1 Å². The molecule has 0 radical (unpaired) electrons. The van der Waals surface area contributed by atoms with Gasteiger partial charge in [-0.3, -0.25) is 9.36 Å². The van der Waals surface area contributed by atoms with Crippen LogP contribution in [0.2, 0.25) is 5.02 Å². The first-order valence-electron chi connectivity index (χ1n) is 10.2. The third-order valence-electron chi connectivity index (χ3n) is 4.58. The number of hydrogen-bond acceptors (Lipinski definition) is 5. The fourth-order valence-electron chi connectivity index (χ4n) is 3.13. The molecule has 1 aromatic heterocycles. The van der Waals surface area contributed by atoms with Gasteiger partial charge in [0.2, 0.25) is 5.91 Å². The molecule has 0 bridgehead atoms. The molecule has 0 aliphatic rings. The number of aromatic nitrogens is 3. The Morgan fingerprint density at radius 3 is 2.55 bits per heavy atom. The van der Waals surface area contributed by atoms with E-state index in [1.807, 2.05) is 47.9 Å². The summed E-state index contributed by atoms with van der Waals surface area (Å²) in [5, 5.41) is 12.5. The lowest BCUT2D eigenvalue weighted by atomic mass is 10.2. The lowest BCUT2D eigenvalue weighted by Gasteiger charge is -2.12. The number of benzene rings is 3. The minimum atomic E-state index is -0.414. The highest BCUT2D eigenvalue weighted by Crippen LogP contribution is 2.29. The van der Waals surface area contributed by atoms with Gasteiger partial charge in [-0.1, -0.05) is 29.4 Å². The molecule has 4 aromatic rings. The molecule has 0 aliphatic carbocycles. The Kier molecular flexibility index (Phi) is 7.26. The summed E-state index contributed by atoms with van der Waals surface area (Å²) in [5.74, 6) is 0.754. The zero-order valence-electron chi connectivity index (χ0n) is 17.7. The van der Waals surface area contributed by atoms with Gasteiger partial charge in [-0.05, 0) is 73.7 Å². The number of halogens is 2. The van der Waals surface area contributed by atoms with E-state index in [-0.39, 0.29) is 11.7 Å². The van der Waals surface area contributed by atoms with E-state index in [4.69, 9.17) is 16.3 Å². The van der Waals surface area contributed by atoms with Crippen molar-refractivity contribution in [3.05, 3.63) is 83.6 Å². The summed E-state index contributed by atoms with van der Waals surface area (Å²) in [5.41, 5.74) is 2.05. The van der Waals surface area contributed by atoms with Gasteiger partial charge >= 0.3 is 0 Å². The lowest BCUT2D eigenvalue weighted by Crippen LogP contribution is -2.14. The summed E-state index contributed by atoms with van der Waals surface area (Å²) in [4.78, 5) is 12.4. The van der Waals surface area contributed by atoms with Crippen LogP contribution >= 0.6 is 23.4 Å². The summed E-state index contributed by atoms with van der Waals surface area (Å²) >= 11 is 7.27. The number of nitrogens with one attached hydrogen (secondary N) is 1. The van der Waals surface area contributed by atoms with Crippen LogP contribution in [-0.2, 0) is 4.79 Å². The van der Waals surface area contributed by atoms with Gasteiger partial charge in [-0.2, -0.15) is 0 Å². The Morgan fingerprint density at radius 1 is 1.09 bits per heavy atom. The number of nitrogens with zero attached hydrogens (tertiary/aromatic N) is 3. The minimum absolute atomic E-state index is 0.0757. The maximum absolute atomic E-state index is 13.4. The minimum Gasteiger partial charge on any atom is -0.494 e. The summed E-state index contributed by atoms with van der Waals surface area (Å²) in [6.45, 7) is 2.50. The second-order valence-electron chi connectivity index (χ2n) is 6.92. The topological polar surface area (TPSA) is 69.0 Å². The molecule has 1 N–H and O–H groups in total. The van der Waals surface area contributed by atoms with Gasteiger partial charge in [0.25, 0.3) is 0 Å². The molecule has 6 nitrogen and oxygen atoms in total. The zero-order chi connectivity index (χ0) is 23.2. The maximum Gasteiger partial charge on any atom is 0.234 e. The van der Waals surface area contributed by atoms with Gasteiger partial charge in [0, 0.05) is 22.0 Å². The molecular formula is C24H20ClFN4O2S. The Morgan fingerprint density at radius 2 is 1.85 bits per heavy atom. The van der Waals surface area contributed by atoms with Crippen molar-refractivity contribution in [1.82, 2.24) is 14.8 Å². The quantitative estimate of drug-likeness (QED) is 0.319. The summed E-state index contributed by atoms with van der Waals surface area (Å²) in [6, 6.07) is 20.6. The highest BCUT2D eigenvalue weighted by molar-refractivity contribution is 7.99. The molecule has 0 unspecified atom stereocenters. The smallest absolute Gasteiger partial charge is 0.234 e. The Bertz CT molecular complexity index is 1250. The van der Waals surface area contributed by atoms with Crippen molar-refractivity contribution in [3.63, 3.8) is 0 Å². The number of ether oxygens (including phenoxy) is 1. The first kappa shape index (κ1) is 22.8. The van der Waals surface area contributed by atoms with Gasteiger partial charge in [0.1, 0.15) is 11.6 Å². The second kappa shape index (κ2) is 10.5. The molecule has 0 saturated carbocycles. The summed E-state index contributed by atoms with van der Waals surface area (Å²) < 4.78 is 20.8. The van der Waals surface area contributed by atoms with Crippen molar-refractivity contribution in [2.45, 2.75) is 12.1 Å². The molecule has 3 aromatic carbocycles. The fourth-order valence-corrected chi connectivity index (χ4v) is 4.01. The van der Waals surface area contributed by atoms with Crippen molar-refractivity contribution in [3.8, 4) is 22.8 Å². The molecule has 0 aliphatic heterocycles. The molecule has 0 spiro atoms. The third kappa shape index (κ3) is 5.71. The van der Waals surface area contributed by atoms with E-state index in [9.17, 15) is 9.18 Å². The first-order chi connectivity index (χ1) is 16.0. The van der Waals surface area contributed by atoms with Crippen molar-refractivity contribution >= 4 is 35.0 Å². The molecular weight excluding hydrogens is 463 g/mol. The SMILES string of the molecule is CCOc1ccc(-n2c(SCC(=O)Nc3cccc(F)c3)nnc2-c2ccc(Cl)cc2)cc1. The van der Waals surface area contributed by atoms with Gasteiger partial charge in [-0.25, -0.2) is 4.39 Å². The fraction of sp³-hybridized carbons (Fsp3) is 0.125. The molecule has 33 heavy (non-hydrogen) atoms. The standard InChI is InChI=1S/C24H20ClFN4O2S/c1-2-32-21-12-10-20(11-13-21)30-23(16-6-8-17(25)9-7-16)28-29-24(30)33-15-22(31)27-19-5-3-4-18(26)14-19/h3-14H,2,15H2,1H3,(H,27,31). The predicted molar refractivity (Wildman–Crippen MR) is 129 cm³/mol. The van der Waals surface area contributed by atoms with Crippen LogP contribution in [0.15, 0.2) is 78.0 Å². The number of rotatable bonds is 8. The van der Waals surface area contributed by atoms with Crippen LogP contribution in [0.1, 0.15) is 6.92 Å². The van der Waals surface area contributed by atoms with E-state index >= 15 is 0 Å². The number of hydrogen-bond donors (Lipinski definition) is 1. The average Bonchev–Trinajstić information content (AvgIpc) is 3.23. The van der Waals surface area contributed by atoms with E-state index in [0.717, 1.165) is 17.0 Å². The normalized spacial score (nSPS) is 10.8. The van der Waals surface area contributed by atoms with Crippen LogP contribution < -0.4 is 10.1 Å². The largest absolute Gasteiger partial charge is 0.494 e. The van der Waals surface area contributed by atoms with Crippen molar-refractivity contribution in [2.75, 3.05) is 17.7 Å². The van der Waals surface area contributed by atoms with Crippen LogP contribution in [0.3, 0.4) is 0 Å². The summed E-state index contributed by atoms with van der Waals surface area (Å²) in [6.07, 6.45) is 0. The number of thioether (sulfide) groups is 1. The van der Waals surface area contributed by atoms with Crippen molar-refractivity contribution < 1.29 is 13.9 Å². The number of amides is 1. The lowest BCUT2D eigenvalue weighted by molar-refractivity contribution is -0.113. The van der Waals surface area contributed by atoms with Crippen LogP contribution in [-0.4, -0.2) is 33.0 Å². The van der Waals surface area contributed by atoms with Gasteiger partial charge in [-0.15, -0.1) is 10.2 Å². The Labute approximate surface area is 199 Å². The highest BCUT2D eigenvalue weighted by Gasteiger charge is 2.18. The van der Waals surface area contributed by atoms with Crippen LogP contribution in [0.5, 0.6) is 5.75 Å². The van der Waals surface area contributed by atoms with Gasteiger partial charge in [0.15, 0.2) is 11.0 Å². The molecule has 0 atom stereocenters. The molecule has 0 fully saturated rings. The van der Waals surface area contributed by atoms with Crippen molar-refractivity contribution in [1.29, 1.82) is 0 Å². The first-order valence-corrected chi connectivity index (χ1v) is 11.5. The van der Waals surface area contributed by atoms with E-state index in [1.54, 1.807) is 24.3 Å². The van der Waals surface area contributed by atoms with Gasteiger partial charge in [0.05, 0.1) is 12.4 Å². The average molecular weight is 483 g/mol. The van der Waals surface area contributed by atoms with Crippen LogP contribution in [0.25, 0.3) is 17.1 Å². The highest BCUT2D eigenvalue weighted by atomic mass is 35.5. The maximum atomic E-state index is 13.4. The van der Waals surface area contributed by atoms with Crippen molar-refractivity contribution in [2.24, 2.45) is 0 Å². The number of carbonyl (C=O) groups is 1. The molecule has 168 valence electrons. The molecule has 0 saturated heterocycles. The Balaban J connectivity index is 1.60. The third-order valence-corrected chi connectivity index (χ3v) is 5.76. The van der Waals surface area contributed by atoms with Crippen LogP contribution in [0, 0.1) is 5.82 Å². The Hall–Kier alpha value is -3.36. The van der Waals surface area contributed by atoms with E-state index in [1.165, 1.54) is 23.9 Å². The molecule has 9 heteroatoms. The van der Waals surface area contributed by atoms with E-state index in [2.05, 4.69) is 15.5 Å². The zero-order valence-corrected chi connectivity index (χ0v) is 19.2. The molecule has 1 amide bonds. The van der Waals surface area contributed by atoms with E-state index in [0.29, 0.717) is 28.3 Å². The molecule has 4 rings (SSSR count).